The summed E-state index contributed by atoms with van der Waals surface area (Å²) < 4.78 is 5.07. The van der Waals surface area contributed by atoms with Crippen LogP contribution in [0.4, 0.5) is 0 Å². The van der Waals surface area contributed by atoms with Gasteiger partial charge in [-0.05, 0) is 40.1 Å². The summed E-state index contributed by atoms with van der Waals surface area (Å²) >= 11 is 1.63. The van der Waals surface area contributed by atoms with Crippen molar-refractivity contribution in [2.24, 2.45) is 0 Å². The molecule has 0 aliphatic rings. The van der Waals surface area contributed by atoms with Gasteiger partial charge < -0.3 is 10.1 Å². The minimum Gasteiger partial charge on any atom is -0.497 e. The van der Waals surface area contributed by atoms with Crippen LogP contribution in [0.2, 0.25) is 0 Å². The standard InChI is InChI=1S/C14H15NO2S/c1-17-13-4-2-11(3-5-13)8-14(16)15-9-12-6-7-18-10-12/h2-7,10H,8-9H2,1H3,(H,15,16). The predicted octanol–water partition coefficient (Wildman–Crippen LogP) is 2.62. The number of ether oxygens (including phenoxy) is 1. The molecule has 0 fully saturated rings. The maximum absolute atomic E-state index is 11.7. The van der Waals surface area contributed by atoms with E-state index in [-0.39, 0.29) is 5.91 Å². The van der Waals surface area contributed by atoms with Gasteiger partial charge in [-0.3, -0.25) is 4.79 Å². The highest BCUT2D eigenvalue weighted by Crippen LogP contribution is 2.11. The SMILES string of the molecule is COc1ccc(CC(=O)NCc2ccsc2)cc1. The van der Waals surface area contributed by atoms with E-state index in [9.17, 15) is 4.79 Å². The summed E-state index contributed by atoms with van der Waals surface area (Å²) in [6.45, 7) is 0.596. The molecule has 1 aromatic carbocycles. The van der Waals surface area contributed by atoms with Gasteiger partial charge in [-0.15, -0.1) is 0 Å². The van der Waals surface area contributed by atoms with Gasteiger partial charge in [0.25, 0.3) is 0 Å². The second-order valence-electron chi connectivity index (χ2n) is 3.93. The first kappa shape index (κ1) is 12.6. The zero-order valence-electron chi connectivity index (χ0n) is 10.2. The van der Waals surface area contributed by atoms with Gasteiger partial charge in [0, 0.05) is 6.54 Å². The van der Waals surface area contributed by atoms with Crippen LogP contribution in [-0.4, -0.2) is 13.0 Å². The Morgan fingerprint density at radius 3 is 2.61 bits per heavy atom. The molecule has 4 heteroatoms. The van der Waals surface area contributed by atoms with E-state index in [1.807, 2.05) is 41.1 Å². The number of rotatable bonds is 5. The van der Waals surface area contributed by atoms with Gasteiger partial charge in [0.1, 0.15) is 5.75 Å². The topological polar surface area (TPSA) is 38.3 Å². The second-order valence-corrected chi connectivity index (χ2v) is 4.71. The van der Waals surface area contributed by atoms with Crippen molar-refractivity contribution in [2.75, 3.05) is 7.11 Å². The van der Waals surface area contributed by atoms with Gasteiger partial charge in [0.15, 0.2) is 0 Å². The lowest BCUT2D eigenvalue weighted by Crippen LogP contribution is -2.24. The first-order valence-electron chi connectivity index (χ1n) is 5.68. The van der Waals surface area contributed by atoms with E-state index >= 15 is 0 Å². The van der Waals surface area contributed by atoms with Gasteiger partial charge in [-0.2, -0.15) is 11.3 Å². The van der Waals surface area contributed by atoms with Crippen LogP contribution in [-0.2, 0) is 17.8 Å². The minimum atomic E-state index is 0.0337. The Hall–Kier alpha value is -1.81. The van der Waals surface area contributed by atoms with Gasteiger partial charge >= 0.3 is 0 Å². The lowest BCUT2D eigenvalue weighted by Gasteiger charge is -2.05. The number of amides is 1. The van der Waals surface area contributed by atoms with Crippen LogP contribution < -0.4 is 10.1 Å². The maximum Gasteiger partial charge on any atom is 0.224 e. The van der Waals surface area contributed by atoms with Crippen molar-refractivity contribution in [2.45, 2.75) is 13.0 Å². The maximum atomic E-state index is 11.7. The molecular weight excluding hydrogens is 246 g/mol. The first-order chi connectivity index (χ1) is 8.78. The van der Waals surface area contributed by atoms with E-state index in [1.54, 1.807) is 18.4 Å². The fraction of sp³-hybridized carbons (Fsp3) is 0.214. The fourth-order valence-electron chi connectivity index (χ4n) is 1.59. The molecule has 3 nitrogen and oxygen atoms in total. The average molecular weight is 261 g/mol. The molecule has 2 aromatic rings. The molecule has 2 rings (SSSR count). The summed E-state index contributed by atoms with van der Waals surface area (Å²) in [7, 11) is 1.63. The van der Waals surface area contributed by atoms with E-state index in [2.05, 4.69) is 5.32 Å². The molecule has 0 radical (unpaired) electrons. The summed E-state index contributed by atoms with van der Waals surface area (Å²) in [5, 5.41) is 6.94. The van der Waals surface area contributed by atoms with E-state index in [0.29, 0.717) is 13.0 Å². The highest BCUT2D eigenvalue weighted by Gasteiger charge is 2.03. The molecule has 1 heterocycles. The molecule has 0 aliphatic carbocycles. The van der Waals surface area contributed by atoms with E-state index < -0.39 is 0 Å². The zero-order valence-corrected chi connectivity index (χ0v) is 11.0. The van der Waals surface area contributed by atoms with Crippen LogP contribution >= 0.6 is 11.3 Å². The molecule has 94 valence electrons. The summed E-state index contributed by atoms with van der Waals surface area (Å²) in [5.41, 5.74) is 2.13. The van der Waals surface area contributed by atoms with Crippen molar-refractivity contribution >= 4 is 17.2 Å². The number of methoxy groups -OCH3 is 1. The minimum absolute atomic E-state index is 0.0337. The fourth-order valence-corrected chi connectivity index (χ4v) is 2.25. The van der Waals surface area contributed by atoms with Gasteiger partial charge in [0.2, 0.25) is 5.91 Å². The average Bonchev–Trinajstić information content (AvgIpc) is 2.90. The van der Waals surface area contributed by atoms with Gasteiger partial charge in [-0.25, -0.2) is 0 Å². The molecule has 0 bridgehead atoms. The molecule has 0 atom stereocenters. The first-order valence-corrected chi connectivity index (χ1v) is 6.63. The molecule has 1 aromatic heterocycles. The second kappa shape index (κ2) is 6.21. The van der Waals surface area contributed by atoms with E-state index in [0.717, 1.165) is 16.9 Å². The quantitative estimate of drug-likeness (QED) is 0.898. The van der Waals surface area contributed by atoms with Gasteiger partial charge in [-0.1, -0.05) is 12.1 Å². The third-order valence-electron chi connectivity index (χ3n) is 2.59. The largest absolute Gasteiger partial charge is 0.497 e. The monoisotopic (exact) mass is 261 g/mol. The lowest BCUT2D eigenvalue weighted by molar-refractivity contribution is -0.120. The Bertz CT molecular complexity index is 491. The number of nitrogens with one attached hydrogen (secondary N) is 1. The molecule has 0 spiro atoms. The Labute approximate surface area is 110 Å². The van der Waals surface area contributed by atoms with Crippen molar-refractivity contribution in [1.29, 1.82) is 0 Å². The van der Waals surface area contributed by atoms with Crippen LogP contribution in [0.15, 0.2) is 41.1 Å². The third-order valence-corrected chi connectivity index (χ3v) is 3.33. The Morgan fingerprint density at radius 1 is 1.22 bits per heavy atom. The van der Waals surface area contributed by atoms with Crippen molar-refractivity contribution in [1.82, 2.24) is 5.32 Å². The highest BCUT2D eigenvalue weighted by molar-refractivity contribution is 7.07. The van der Waals surface area contributed by atoms with Crippen molar-refractivity contribution in [3.63, 3.8) is 0 Å². The van der Waals surface area contributed by atoms with Crippen molar-refractivity contribution in [3.8, 4) is 5.75 Å². The van der Waals surface area contributed by atoms with Crippen LogP contribution in [0.25, 0.3) is 0 Å². The molecule has 0 unspecified atom stereocenters. The zero-order chi connectivity index (χ0) is 12.8. The Morgan fingerprint density at radius 2 is 2.00 bits per heavy atom. The normalized spacial score (nSPS) is 10.1. The molecular formula is C14H15NO2S. The summed E-state index contributed by atoms with van der Waals surface area (Å²) in [5.74, 6) is 0.837. The van der Waals surface area contributed by atoms with Crippen LogP contribution in [0.1, 0.15) is 11.1 Å². The van der Waals surface area contributed by atoms with Crippen LogP contribution in [0, 0.1) is 0 Å². The Kier molecular flexibility index (Phi) is 4.36. The molecule has 0 saturated carbocycles. The number of benzene rings is 1. The molecule has 0 aliphatic heterocycles. The predicted molar refractivity (Wildman–Crippen MR) is 72.9 cm³/mol. The number of hydrogen-bond donors (Lipinski definition) is 1. The number of thiophene rings is 1. The van der Waals surface area contributed by atoms with E-state index in [4.69, 9.17) is 4.74 Å². The highest BCUT2D eigenvalue weighted by atomic mass is 32.1. The third kappa shape index (κ3) is 3.60. The molecule has 18 heavy (non-hydrogen) atoms. The molecule has 1 N–H and O–H groups in total. The summed E-state index contributed by atoms with van der Waals surface area (Å²) in [6, 6.07) is 9.55. The number of carbonyl (C=O) groups excluding carboxylic acids is 1. The van der Waals surface area contributed by atoms with Crippen LogP contribution in [0.3, 0.4) is 0 Å². The van der Waals surface area contributed by atoms with Crippen molar-refractivity contribution < 1.29 is 9.53 Å². The number of carbonyl (C=O) groups is 1. The number of hydrogen-bond acceptors (Lipinski definition) is 3. The summed E-state index contributed by atoms with van der Waals surface area (Å²) in [6.07, 6.45) is 0.397. The lowest BCUT2D eigenvalue weighted by atomic mass is 10.1. The van der Waals surface area contributed by atoms with Gasteiger partial charge in [0.05, 0.1) is 13.5 Å². The Balaban J connectivity index is 1.83. The smallest absolute Gasteiger partial charge is 0.224 e. The van der Waals surface area contributed by atoms with E-state index in [1.165, 1.54) is 0 Å². The molecule has 0 saturated heterocycles. The van der Waals surface area contributed by atoms with Crippen LogP contribution in [0.5, 0.6) is 5.75 Å². The summed E-state index contributed by atoms with van der Waals surface area (Å²) in [4.78, 5) is 11.7. The van der Waals surface area contributed by atoms with Crippen molar-refractivity contribution in [3.05, 3.63) is 52.2 Å². The molecule has 1 amide bonds.